The first-order chi connectivity index (χ1) is 5.62. The Bertz CT molecular complexity index is 320. The van der Waals surface area contributed by atoms with E-state index in [4.69, 9.17) is 16.3 Å². The van der Waals surface area contributed by atoms with Crippen molar-refractivity contribution >= 4 is 27.5 Å². The summed E-state index contributed by atoms with van der Waals surface area (Å²) in [7, 11) is 0. The van der Waals surface area contributed by atoms with E-state index in [1.807, 2.05) is 25.1 Å². The summed E-state index contributed by atoms with van der Waals surface area (Å²) in [5.41, 5.74) is 0.949. The van der Waals surface area contributed by atoms with Crippen LogP contribution < -0.4 is 0 Å². The number of ether oxygens (including phenoxy) is 1. The van der Waals surface area contributed by atoms with Crippen LogP contribution in [0.5, 0.6) is 0 Å². The molecule has 0 spiro atoms. The average Bonchev–Trinajstić information content (AvgIpc) is 2.68. The van der Waals surface area contributed by atoms with Gasteiger partial charge < -0.3 is 4.74 Å². The molecule has 1 aliphatic heterocycles. The topological polar surface area (TPSA) is 12.5 Å². The predicted octanol–water partition coefficient (Wildman–Crippen LogP) is 3.35. The second-order valence-corrected chi connectivity index (χ2v) is 4.47. The van der Waals surface area contributed by atoms with Gasteiger partial charge in [0.1, 0.15) is 5.60 Å². The van der Waals surface area contributed by atoms with Crippen LogP contribution in [0.2, 0.25) is 5.02 Å². The molecular weight excluding hydrogens is 239 g/mol. The number of halogens is 2. The summed E-state index contributed by atoms with van der Waals surface area (Å²) in [5, 5.41) is 0.768. The van der Waals surface area contributed by atoms with Gasteiger partial charge in [-0.25, -0.2) is 0 Å². The molecule has 0 amide bonds. The van der Waals surface area contributed by atoms with Crippen molar-refractivity contribution in [3.8, 4) is 0 Å². The molecule has 3 heteroatoms. The lowest BCUT2D eigenvalue weighted by molar-refractivity contribution is 0.329. The van der Waals surface area contributed by atoms with Crippen molar-refractivity contribution in [2.75, 3.05) is 6.61 Å². The fraction of sp³-hybridized carbons (Fsp3) is 0.333. The molecule has 12 heavy (non-hydrogen) atoms. The third-order valence-electron chi connectivity index (χ3n) is 2.08. The predicted molar refractivity (Wildman–Crippen MR) is 52.5 cm³/mol. The minimum absolute atomic E-state index is 0.127. The summed E-state index contributed by atoms with van der Waals surface area (Å²) in [6, 6.07) is 5.87. The highest BCUT2D eigenvalue weighted by Crippen LogP contribution is 2.42. The lowest BCUT2D eigenvalue weighted by atomic mass is 10.0. The summed E-state index contributed by atoms with van der Waals surface area (Å²) in [5.74, 6) is 0. The number of hydrogen-bond donors (Lipinski definition) is 0. The fourth-order valence-electron chi connectivity index (χ4n) is 1.18. The zero-order valence-electron chi connectivity index (χ0n) is 6.60. The van der Waals surface area contributed by atoms with Gasteiger partial charge in [0.25, 0.3) is 0 Å². The monoisotopic (exact) mass is 246 g/mol. The van der Waals surface area contributed by atoms with E-state index in [0.29, 0.717) is 0 Å². The van der Waals surface area contributed by atoms with Crippen molar-refractivity contribution in [1.29, 1.82) is 0 Å². The molecule has 0 aliphatic carbocycles. The van der Waals surface area contributed by atoms with E-state index in [-0.39, 0.29) is 5.60 Å². The first kappa shape index (κ1) is 8.54. The van der Waals surface area contributed by atoms with E-state index in [0.717, 1.165) is 21.7 Å². The van der Waals surface area contributed by atoms with E-state index in [1.165, 1.54) is 0 Å². The summed E-state index contributed by atoms with van der Waals surface area (Å²) >= 11 is 9.40. The highest BCUT2D eigenvalue weighted by molar-refractivity contribution is 9.10. The van der Waals surface area contributed by atoms with Crippen molar-refractivity contribution in [1.82, 2.24) is 0 Å². The Morgan fingerprint density at radius 1 is 1.58 bits per heavy atom. The number of hydrogen-bond acceptors (Lipinski definition) is 1. The zero-order valence-corrected chi connectivity index (χ0v) is 8.95. The standard InChI is InChI=1S/C9H8BrClO/c1-9(5-12-9)7-3-2-6(10)4-8(7)11/h2-4H,5H2,1H3. The minimum Gasteiger partial charge on any atom is -0.365 e. The summed E-state index contributed by atoms with van der Waals surface area (Å²) in [6.45, 7) is 2.82. The quantitative estimate of drug-likeness (QED) is 0.694. The van der Waals surface area contributed by atoms with Crippen LogP contribution in [-0.2, 0) is 10.3 Å². The smallest absolute Gasteiger partial charge is 0.115 e. The Hall–Kier alpha value is -0.0500. The van der Waals surface area contributed by atoms with E-state index < -0.39 is 0 Å². The Morgan fingerprint density at radius 3 is 2.75 bits per heavy atom. The number of benzene rings is 1. The number of epoxide rings is 1. The van der Waals surface area contributed by atoms with Gasteiger partial charge in [-0.2, -0.15) is 0 Å². The lowest BCUT2D eigenvalue weighted by Gasteiger charge is -2.07. The molecule has 1 aliphatic rings. The van der Waals surface area contributed by atoms with E-state index in [2.05, 4.69) is 15.9 Å². The van der Waals surface area contributed by atoms with Gasteiger partial charge >= 0.3 is 0 Å². The molecule has 64 valence electrons. The van der Waals surface area contributed by atoms with Crippen molar-refractivity contribution in [2.24, 2.45) is 0 Å². The van der Waals surface area contributed by atoms with Crippen LogP contribution >= 0.6 is 27.5 Å². The van der Waals surface area contributed by atoms with Gasteiger partial charge in [-0.05, 0) is 19.1 Å². The van der Waals surface area contributed by atoms with Crippen LogP contribution in [0, 0.1) is 0 Å². The van der Waals surface area contributed by atoms with Crippen molar-refractivity contribution in [3.63, 3.8) is 0 Å². The molecular formula is C9H8BrClO. The van der Waals surface area contributed by atoms with Gasteiger partial charge in [-0.15, -0.1) is 0 Å². The summed E-state index contributed by atoms with van der Waals surface area (Å²) in [6.07, 6.45) is 0. The molecule has 1 saturated heterocycles. The minimum atomic E-state index is -0.127. The molecule has 1 atom stereocenters. The molecule has 1 heterocycles. The van der Waals surface area contributed by atoms with Gasteiger partial charge in [-0.1, -0.05) is 33.6 Å². The molecule has 0 saturated carbocycles. The first-order valence-electron chi connectivity index (χ1n) is 3.71. The van der Waals surface area contributed by atoms with Crippen LogP contribution in [0.1, 0.15) is 12.5 Å². The van der Waals surface area contributed by atoms with E-state index >= 15 is 0 Å². The van der Waals surface area contributed by atoms with Gasteiger partial charge in [-0.3, -0.25) is 0 Å². The number of rotatable bonds is 1. The Kier molecular flexibility index (Phi) is 1.94. The molecule has 1 fully saturated rings. The van der Waals surface area contributed by atoms with Crippen molar-refractivity contribution < 1.29 is 4.74 Å². The average molecular weight is 248 g/mol. The molecule has 0 radical (unpaired) electrons. The van der Waals surface area contributed by atoms with Crippen LogP contribution in [0.3, 0.4) is 0 Å². The SMILES string of the molecule is CC1(c2ccc(Br)cc2Cl)CO1. The van der Waals surface area contributed by atoms with Crippen LogP contribution in [-0.4, -0.2) is 6.61 Å². The third-order valence-corrected chi connectivity index (χ3v) is 2.88. The van der Waals surface area contributed by atoms with E-state index in [1.54, 1.807) is 0 Å². The van der Waals surface area contributed by atoms with Crippen LogP contribution in [0.25, 0.3) is 0 Å². The first-order valence-corrected chi connectivity index (χ1v) is 4.88. The van der Waals surface area contributed by atoms with Gasteiger partial charge in [0.2, 0.25) is 0 Å². The highest BCUT2D eigenvalue weighted by atomic mass is 79.9. The second-order valence-electron chi connectivity index (χ2n) is 3.14. The lowest BCUT2D eigenvalue weighted by Crippen LogP contribution is -2.02. The van der Waals surface area contributed by atoms with Crippen molar-refractivity contribution in [3.05, 3.63) is 33.3 Å². The zero-order chi connectivity index (χ0) is 8.77. The second kappa shape index (κ2) is 2.72. The van der Waals surface area contributed by atoms with Gasteiger partial charge in [0.15, 0.2) is 0 Å². The Balaban J connectivity index is 2.45. The highest BCUT2D eigenvalue weighted by Gasteiger charge is 2.42. The van der Waals surface area contributed by atoms with Crippen LogP contribution in [0.15, 0.2) is 22.7 Å². The normalized spacial score (nSPS) is 27.2. The molecule has 0 aromatic heterocycles. The fourth-order valence-corrected chi connectivity index (χ4v) is 2.06. The summed E-state index contributed by atoms with van der Waals surface area (Å²) in [4.78, 5) is 0. The molecule has 2 rings (SSSR count). The third kappa shape index (κ3) is 1.39. The Morgan fingerprint density at radius 2 is 2.25 bits per heavy atom. The molecule has 1 unspecified atom stereocenters. The maximum atomic E-state index is 6.04. The maximum absolute atomic E-state index is 6.04. The molecule has 1 aromatic carbocycles. The van der Waals surface area contributed by atoms with Gasteiger partial charge in [0, 0.05) is 15.1 Å². The molecule has 1 nitrogen and oxygen atoms in total. The largest absolute Gasteiger partial charge is 0.365 e. The van der Waals surface area contributed by atoms with Gasteiger partial charge in [0.05, 0.1) is 6.61 Å². The Labute approximate surface area is 84.8 Å². The van der Waals surface area contributed by atoms with E-state index in [9.17, 15) is 0 Å². The molecule has 1 aromatic rings. The molecule has 0 N–H and O–H groups in total. The van der Waals surface area contributed by atoms with Crippen molar-refractivity contribution in [2.45, 2.75) is 12.5 Å². The summed E-state index contributed by atoms with van der Waals surface area (Å²) < 4.78 is 6.30. The maximum Gasteiger partial charge on any atom is 0.115 e. The van der Waals surface area contributed by atoms with Crippen LogP contribution in [0.4, 0.5) is 0 Å². The molecule has 0 bridgehead atoms.